The monoisotopic (exact) mass is 446 g/mol. The van der Waals surface area contributed by atoms with E-state index in [2.05, 4.69) is 5.32 Å². The van der Waals surface area contributed by atoms with Crippen molar-refractivity contribution in [3.63, 3.8) is 0 Å². The van der Waals surface area contributed by atoms with Crippen molar-refractivity contribution in [2.75, 3.05) is 12.3 Å². The Morgan fingerprint density at radius 1 is 1.07 bits per heavy atom. The van der Waals surface area contributed by atoms with Crippen molar-refractivity contribution in [2.45, 2.75) is 57.0 Å². The molecule has 2 amide bonds. The first-order valence-corrected chi connectivity index (χ1v) is 11.8. The maximum absolute atomic E-state index is 13.0. The number of carbonyl (C=O) groups is 2. The number of benzene rings is 2. The van der Waals surface area contributed by atoms with E-state index in [0.717, 1.165) is 23.3 Å². The van der Waals surface area contributed by atoms with E-state index in [1.165, 1.54) is 0 Å². The predicted octanol–water partition coefficient (Wildman–Crippen LogP) is 5.20. The largest absolute Gasteiger partial charge is 0.352 e. The van der Waals surface area contributed by atoms with Crippen LogP contribution in [0, 0.1) is 0 Å². The number of halogens is 1. The molecule has 0 saturated carbocycles. The van der Waals surface area contributed by atoms with E-state index in [-0.39, 0.29) is 17.9 Å². The quantitative estimate of drug-likeness (QED) is 0.483. The summed E-state index contributed by atoms with van der Waals surface area (Å²) in [5, 5.41) is 3.70. The average molecular weight is 447 g/mol. The van der Waals surface area contributed by atoms with Gasteiger partial charge in [-0.05, 0) is 56.5 Å². The molecule has 2 unspecified atom stereocenters. The second-order valence-corrected chi connectivity index (χ2v) is 8.97. The number of hydrogen-bond donors (Lipinski definition) is 1. The molecule has 0 heterocycles. The standard InChI is InChI=1S/C24H31ClN2O2S/c1-4-18(2)26-24(29)19(3)27(16-14-20-8-6-5-7-9-20)23(28)15-17-30-22-12-10-21(25)11-13-22/h5-13,18-19H,4,14-17H2,1-3H3,(H,26,29). The highest BCUT2D eigenvalue weighted by molar-refractivity contribution is 7.99. The summed E-state index contributed by atoms with van der Waals surface area (Å²) in [6.07, 6.45) is 1.95. The lowest BCUT2D eigenvalue weighted by Gasteiger charge is -2.29. The summed E-state index contributed by atoms with van der Waals surface area (Å²) >= 11 is 7.54. The van der Waals surface area contributed by atoms with Crippen molar-refractivity contribution in [3.05, 3.63) is 65.2 Å². The molecule has 30 heavy (non-hydrogen) atoms. The molecule has 2 atom stereocenters. The van der Waals surface area contributed by atoms with E-state index in [4.69, 9.17) is 11.6 Å². The molecule has 1 N–H and O–H groups in total. The molecule has 0 aromatic heterocycles. The molecule has 0 fully saturated rings. The Morgan fingerprint density at radius 2 is 1.73 bits per heavy atom. The van der Waals surface area contributed by atoms with Crippen LogP contribution in [0.5, 0.6) is 0 Å². The van der Waals surface area contributed by atoms with Crippen LogP contribution in [0.2, 0.25) is 5.02 Å². The predicted molar refractivity (Wildman–Crippen MR) is 126 cm³/mol. The van der Waals surface area contributed by atoms with E-state index in [0.29, 0.717) is 23.7 Å². The van der Waals surface area contributed by atoms with E-state index in [9.17, 15) is 9.59 Å². The number of carbonyl (C=O) groups excluding carboxylic acids is 2. The van der Waals surface area contributed by atoms with E-state index in [1.807, 2.05) is 75.4 Å². The van der Waals surface area contributed by atoms with Crippen LogP contribution in [0.4, 0.5) is 0 Å². The second-order valence-electron chi connectivity index (χ2n) is 7.37. The van der Waals surface area contributed by atoms with Crippen LogP contribution in [0.15, 0.2) is 59.5 Å². The van der Waals surface area contributed by atoms with Gasteiger partial charge in [0.15, 0.2) is 0 Å². The fraction of sp³-hybridized carbons (Fsp3) is 0.417. The average Bonchev–Trinajstić information content (AvgIpc) is 2.75. The van der Waals surface area contributed by atoms with Crippen LogP contribution in [0.3, 0.4) is 0 Å². The second kappa shape index (κ2) is 12.7. The lowest BCUT2D eigenvalue weighted by atomic mass is 10.1. The van der Waals surface area contributed by atoms with Crippen molar-refractivity contribution in [1.29, 1.82) is 0 Å². The van der Waals surface area contributed by atoms with E-state index in [1.54, 1.807) is 16.7 Å². The highest BCUT2D eigenvalue weighted by atomic mass is 35.5. The fourth-order valence-electron chi connectivity index (χ4n) is 2.97. The zero-order valence-corrected chi connectivity index (χ0v) is 19.5. The molecule has 0 spiro atoms. The zero-order valence-electron chi connectivity index (χ0n) is 17.9. The molecule has 0 aliphatic carbocycles. The number of hydrogen-bond acceptors (Lipinski definition) is 3. The van der Waals surface area contributed by atoms with Gasteiger partial charge in [0.2, 0.25) is 11.8 Å². The number of amides is 2. The topological polar surface area (TPSA) is 49.4 Å². The molecule has 0 radical (unpaired) electrons. The Hall–Kier alpha value is -1.98. The molecule has 6 heteroatoms. The van der Waals surface area contributed by atoms with Gasteiger partial charge in [-0.1, -0.05) is 48.9 Å². The van der Waals surface area contributed by atoms with Crippen LogP contribution in [-0.2, 0) is 16.0 Å². The van der Waals surface area contributed by atoms with Crippen molar-refractivity contribution >= 4 is 35.2 Å². The molecule has 0 aliphatic heterocycles. The summed E-state index contributed by atoms with van der Waals surface area (Å²) in [6.45, 7) is 6.34. The summed E-state index contributed by atoms with van der Waals surface area (Å²) in [5.41, 5.74) is 1.15. The van der Waals surface area contributed by atoms with Gasteiger partial charge in [0.25, 0.3) is 0 Å². The Kier molecular flexibility index (Phi) is 10.2. The first kappa shape index (κ1) is 24.3. The lowest BCUT2D eigenvalue weighted by Crippen LogP contribution is -2.50. The van der Waals surface area contributed by atoms with Gasteiger partial charge in [-0.25, -0.2) is 0 Å². The maximum Gasteiger partial charge on any atom is 0.242 e. The fourth-order valence-corrected chi connectivity index (χ4v) is 3.93. The van der Waals surface area contributed by atoms with Gasteiger partial charge in [0, 0.05) is 34.7 Å². The summed E-state index contributed by atoms with van der Waals surface area (Å²) in [7, 11) is 0. The van der Waals surface area contributed by atoms with Crippen molar-refractivity contribution < 1.29 is 9.59 Å². The van der Waals surface area contributed by atoms with E-state index < -0.39 is 6.04 Å². The number of nitrogens with one attached hydrogen (secondary N) is 1. The van der Waals surface area contributed by atoms with Gasteiger partial charge < -0.3 is 10.2 Å². The van der Waals surface area contributed by atoms with Crippen LogP contribution >= 0.6 is 23.4 Å². The van der Waals surface area contributed by atoms with Crippen molar-refractivity contribution in [3.8, 4) is 0 Å². The molecule has 162 valence electrons. The summed E-state index contributed by atoms with van der Waals surface area (Å²) in [5.74, 6) is 0.553. The summed E-state index contributed by atoms with van der Waals surface area (Å²) in [4.78, 5) is 28.5. The SMILES string of the molecule is CCC(C)NC(=O)C(C)N(CCc1ccccc1)C(=O)CCSc1ccc(Cl)cc1. The van der Waals surface area contributed by atoms with Crippen LogP contribution in [0.25, 0.3) is 0 Å². The first-order valence-electron chi connectivity index (χ1n) is 10.4. The third kappa shape index (κ3) is 8.04. The lowest BCUT2D eigenvalue weighted by molar-refractivity contribution is -0.139. The maximum atomic E-state index is 13.0. The highest BCUT2D eigenvalue weighted by Crippen LogP contribution is 2.21. The molecule has 0 aliphatic rings. The minimum atomic E-state index is -0.504. The Morgan fingerprint density at radius 3 is 2.37 bits per heavy atom. The van der Waals surface area contributed by atoms with Gasteiger partial charge in [0.1, 0.15) is 6.04 Å². The van der Waals surface area contributed by atoms with Crippen molar-refractivity contribution in [2.24, 2.45) is 0 Å². The molecule has 0 bridgehead atoms. The molecular formula is C24H31ClN2O2S. The molecule has 2 aromatic rings. The van der Waals surface area contributed by atoms with Gasteiger partial charge >= 0.3 is 0 Å². The first-order chi connectivity index (χ1) is 14.4. The number of nitrogens with zero attached hydrogens (tertiary/aromatic N) is 1. The molecular weight excluding hydrogens is 416 g/mol. The van der Waals surface area contributed by atoms with Crippen LogP contribution < -0.4 is 5.32 Å². The van der Waals surface area contributed by atoms with Gasteiger partial charge in [-0.3, -0.25) is 9.59 Å². The molecule has 4 nitrogen and oxygen atoms in total. The zero-order chi connectivity index (χ0) is 21.9. The van der Waals surface area contributed by atoms with Crippen LogP contribution in [0.1, 0.15) is 39.2 Å². The Labute approximate surface area is 189 Å². The summed E-state index contributed by atoms with van der Waals surface area (Å²) < 4.78 is 0. The number of rotatable bonds is 11. The molecule has 0 saturated heterocycles. The number of thioether (sulfide) groups is 1. The third-order valence-electron chi connectivity index (χ3n) is 5.05. The summed E-state index contributed by atoms with van der Waals surface area (Å²) in [6, 6.07) is 17.2. The highest BCUT2D eigenvalue weighted by Gasteiger charge is 2.26. The third-order valence-corrected chi connectivity index (χ3v) is 6.32. The van der Waals surface area contributed by atoms with Crippen molar-refractivity contribution in [1.82, 2.24) is 10.2 Å². The van der Waals surface area contributed by atoms with E-state index >= 15 is 0 Å². The molecule has 2 aromatic carbocycles. The minimum Gasteiger partial charge on any atom is -0.352 e. The molecule has 2 rings (SSSR count). The smallest absolute Gasteiger partial charge is 0.242 e. The van der Waals surface area contributed by atoms with Crippen LogP contribution in [-0.4, -0.2) is 41.1 Å². The minimum absolute atomic E-state index is 0.000744. The van der Waals surface area contributed by atoms with Gasteiger partial charge in [0.05, 0.1) is 0 Å². The Balaban J connectivity index is 1.99. The normalized spacial score (nSPS) is 12.8. The Bertz CT molecular complexity index is 799. The van der Waals surface area contributed by atoms with Gasteiger partial charge in [-0.2, -0.15) is 0 Å². The van der Waals surface area contributed by atoms with Gasteiger partial charge in [-0.15, -0.1) is 11.8 Å².